The van der Waals surface area contributed by atoms with Gasteiger partial charge in [-0.05, 0) is 93.8 Å². The van der Waals surface area contributed by atoms with Gasteiger partial charge in [0.15, 0.2) is 5.82 Å². The molecule has 2 heterocycles. The van der Waals surface area contributed by atoms with Crippen molar-refractivity contribution in [2.45, 2.75) is 82.8 Å². The van der Waals surface area contributed by atoms with E-state index in [4.69, 9.17) is 4.74 Å². The third kappa shape index (κ3) is 4.51. The van der Waals surface area contributed by atoms with Gasteiger partial charge in [-0.15, -0.1) is 0 Å². The Morgan fingerprint density at radius 3 is 2.34 bits per heavy atom. The summed E-state index contributed by atoms with van der Waals surface area (Å²) in [6, 6.07) is 1.72. The Bertz CT molecular complexity index is 1270. The van der Waals surface area contributed by atoms with Crippen LogP contribution in [0, 0.1) is 0 Å². The number of urea groups is 1. The van der Waals surface area contributed by atoms with Crippen molar-refractivity contribution in [2.75, 3.05) is 16.8 Å². The summed E-state index contributed by atoms with van der Waals surface area (Å²) in [4.78, 5) is 27.6. The molecule has 2 aliphatic carbocycles. The fourth-order valence-corrected chi connectivity index (χ4v) is 6.51. The molecule has 2 aromatic rings. The van der Waals surface area contributed by atoms with Crippen LogP contribution in [0.1, 0.15) is 62.3 Å². The van der Waals surface area contributed by atoms with Gasteiger partial charge in [0.25, 0.3) is 0 Å². The number of carbonyl (C=O) groups is 2. The maximum atomic E-state index is 13.7. The molecule has 1 aromatic heterocycles. The number of fused-ring (bicyclic) bond motifs is 3. The number of hydrogen-bond donors (Lipinski definition) is 2. The number of anilines is 2. The summed E-state index contributed by atoms with van der Waals surface area (Å²) < 4.78 is 23.5. The molecule has 0 saturated carbocycles. The standard InChI is InChI=1S/C25H33N5O4S/c1-25(2,3)34-24(32)29-12-7-13-30-22(29)20(15-26-30)35(4,33)28-23(31)27-21-18-10-5-8-16(18)14-17-9-6-11-19(17)21/h14-15H,4-13H2,1-3H3,(H2,27,28,31,33). The number of rotatable bonds is 3. The summed E-state index contributed by atoms with van der Waals surface area (Å²) in [6.45, 7) is 6.35. The van der Waals surface area contributed by atoms with Crippen LogP contribution in [0.2, 0.25) is 0 Å². The monoisotopic (exact) mass is 499 g/mol. The van der Waals surface area contributed by atoms with Crippen molar-refractivity contribution >= 4 is 39.2 Å². The number of ether oxygens (including phenoxy) is 1. The highest BCUT2D eigenvalue weighted by Crippen LogP contribution is 2.38. The van der Waals surface area contributed by atoms with Crippen molar-refractivity contribution in [3.8, 4) is 0 Å². The zero-order chi connectivity index (χ0) is 25.0. The molecule has 0 spiro atoms. The van der Waals surface area contributed by atoms with Crippen LogP contribution in [-0.4, -0.2) is 44.1 Å². The average Bonchev–Trinajstić information content (AvgIpc) is 3.50. The molecule has 1 unspecified atom stereocenters. The van der Waals surface area contributed by atoms with Crippen LogP contribution >= 0.6 is 0 Å². The second kappa shape index (κ2) is 8.58. The van der Waals surface area contributed by atoms with Gasteiger partial charge in [0.05, 0.1) is 15.9 Å². The number of amides is 3. The molecule has 0 radical (unpaired) electrons. The first-order valence-corrected chi connectivity index (χ1v) is 13.9. The molecular formula is C25H33N5O4S. The van der Waals surface area contributed by atoms with Crippen molar-refractivity contribution in [1.82, 2.24) is 14.5 Å². The predicted molar refractivity (Wildman–Crippen MR) is 137 cm³/mol. The minimum absolute atomic E-state index is 0.210. The number of nitrogens with zero attached hydrogens (tertiary/aromatic N) is 3. The first kappa shape index (κ1) is 23.7. The molecule has 10 heteroatoms. The number of nitrogens with one attached hydrogen (secondary N) is 2. The Morgan fingerprint density at radius 1 is 1.06 bits per heavy atom. The molecule has 188 valence electrons. The van der Waals surface area contributed by atoms with E-state index in [1.54, 1.807) is 25.5 Å². The summed E-state index contributed by atoms with van der Waals surface area (Å²) >= 11 is 0. The van der Waals surface area contributed by atoms with Gasteiger partial charge < -0.3 is 10.1 Å². The van der Waals surface area contributed by atoms with Gasteiger partial charge in [-0.25, -0.2) is 18.5 Å². The molecule has 5 rings (SSSR count). The van der Waals surface area contributed by atoms with E-state index >= 15 is 0 Å². The van der Waals surface area contributed by atoms with Crippen LogP contribution in [0.4, 0.5) is 21.1 Å². The molecule has 3 aliphatic rings. The molecule has 1 atom stereocenters. The lowest BCUT2D eigenvalue weighted by Gasteiger charge is -2.31. The highest BCUT2D eigenvalue weighted by molar-refractivity contribution is 7.99. The smallest absolute Gasteiger partial charge is 0.416 e. The number of aryl methyl sites for hydroxylation is 3. The highest BCUT2D eigenvalue weighted by atomic mass is 32.2. The summed E-state index contributed by atoms with van der Waals surface area (Å²) in [7, 11) is -3.31. The molecule has 0 bridgehead atoms. The average molecular weight is 500 g/mol. The van der Waals surface area contributed by atoms with E-state index in [0.29, 0.717) is 25.3 Å². The first-order valence-electron chi connectivity index (χ1n) is 12.2. The van der Waals surface area contributed by atoms with Crippen molar-refractivity contribution in [1.29, 1.82) is 0 Å². The zero-order valence-electron chi connectivity index (χ0n) is 20.6. The topological polar surface area (TPSA) is 106 Å². The van der Waals surface area contributed by atoms with Crippen LogP contribution in [0.3, 0.4) is 0 Å². The minimum Gasteiger partial charge on any atom is -0.443 e. The Balaban J connectivity index is 1.40. The van der Waals surface area contributed by atoms with Gasteiger partial charge in [-0.2, -0.15) is 5.10 Å². The molecule has 1 aliphatic heterocycles. The SMILES string of the molecule is C=S(=O)(NC(=O)Nc1c2c(cc3c1CCC3)CCC2)c1cnn2c1N(C(=O)OC(C)(C)C)CCC2. The van der Waals surface area contributed by atoms with E-state index in [-0.39, 0.29) is 4.90 Å². The van der Waals surface area contributed by atoms with E-state index in [0.717, 1.165) is 44.2 Å². The van der Waals surface area contributed by atoms with Crippen LogP contribution in [0.5, 0.6) is 0 Å². The van der Waals surface area contributed by atoms with E-state index in [1.807, 2.05) is 0 Å². The summed E-state index contributed by atoms with van der Waals surface area (Å²) in [5.41, 5.74) is 5.17. The van der Waals surface area contributed by atoms with Crippen molar-refractivity contribution in [2.24, 2.45) is 0 Å². The zero-order valence-corrected chi connectivity index (χ0v) is 21.4. The summed E-state index contributed by atoms with van der Waals surface area (Å²) in [5, 5.41) is 7.32. The Hall–Kier alpha value is -3.01. The summed E-state index contributed by atoms with van der Waals surface area (Å²) in [5.74, 6) is 4.19. The normalized spacial score (nSPS) is 18.3. The summed E-state index contributed by atoms with van der Waals surface area (Å²) in [6.07, 6.45) is 7.61. The van der Waals surface area contributed by atoms with E-state index in [9.17, 15) is 13.8 Å². The maximum absolute atomic E-state index is 13.7. The van der Waals surface area contributed by atoms with Gasteiger partial charge >= 0.3 is 12.1 Å². The molecule has 35 heavy (non-hydrogen) atoms. The van der Waals surface area contributed by atoms with Gasteiger partial charge in [0.2, 0.25) is 0 Å². The lowest BCUT2D eigenvalue weighted by molar-refractivity contribution is 0.0571. The fourth-order valence-electron chi connectivity index (χ4n) is 5.32. The minimum atomic E-state index is -3.31. The molecule has 1 aromatic carbocycles. The van der Waals surface area contributed by atoms with Crippen molar-refractivity contribution in [3.05, 3.63) is 34.5 Å². The van der Waals surface area contributed by atoms with E-state index < -0.39 is 27.4 Å². The Labute approximate surface area is 206 Å². The lowest BCUT2D eigenvalue weighted by Crippen LogP contribution is -2.42. The van der Waals surface area contributed by atoms with Gasteiger partial charge in [0.1, 0.15) is 10.5 Å². The van der Waals surface area contributed by atoms with Gasteiger partial charge in [-0.1, -0.05) is 6.07 Å². The molecule has 3 amide bonds. The largest absolute Gasteiger partial charge is 0.443 e. The Kier molecular flexibility index (Phi) is 5.82. The van der Waals surface area contributed by atoms with Crippen LogP contribution in [0.15, 0.2) is 17.2 Å². The van der Waals surface area contributed by atoms with Crippen LogP contribution in [-0.2, 0) is 46.7 Å². The fraction of sp³-hybridized carbons (Fsp3) is 0.520. The second-order valence-corrected chi connectivity index (χ2v) is 12.5. The quantitative estimate of drug-likeness (QED) is 0.625. The third-order valence-corrected chi connectivity index (χ3v) is 8.24. The Morgan fingerprint density at radius 2 is 1.71 bits per heavy atom. The number of carbonyl (C=O) groups excluding carboxylic acids is 2. The molecule has 0 saturated heterocycles. The van der Waals surface area contributed by atoms with Gasteiger partial charge in [0, 0.05) is 18.8 Å². The highest BCUT2D eigenvalue weighted by Gasteiger charge is 2.34. The third-order valence-electron chi connectivity index (χ3n) is 6.72. The number of benzene rings is 1. The molecule has 0 fully saturated rings. The second-order valence-electron chi connectivity index (χ2n) is 10.5. The van der Waals surface area contributed by atoms with Gasteiger partial charge in [-0.3, -0.25) is 9.62 Å². The van der Waals surface area contributed by atoms with Crippen LogP contribution in [0.25, 0.3) is 0 Å². The van der Waals surface area contributed by atoms with E-state index in [1.165, 1.54) is 33.4 Å². The van der Waals surface area contributed by atoms with Crippen molar-refractivity contribution in [3.63, 3.8) is 0 Å². The van der Waals surface area contributed by atoms with E-state index in [2.05, 4.69) is 27.1 Å². The molecular weight excluding hydrogens is 466 g/mol. The molecule has 2 N–H and O–H groups in total. The lowest BCUT2D eigenvalue weighted by atomic mass is 9.99. The molecule has 9 nitrogen and oxygen atoms in total. The maximum Gasteiger partial charge on any atom is 0.416 e. The van der Waals surface area contributed by atoms with Crippen LogP contribution < -0.4 is 14.9 Å². The number of hydrogen-bond acceptors (Lipinski definition) is 5. The van der Waals surface area contributed by atoms with Crippen molar-refractivity contribution < 1.29 is 18.5 Å². The predicted octanol–water partition coefficient (Wildman–Crippen LogP) is 3.82. The first-order chi connectivity index (χ1) is 16.5. The number of aromatic nitrogens is 2.